The van der Waals surface area contributed by atoms with Crippen LogP contribution in [0.2, 0.25) is 0 Å². The van der Waals surface area contributed by atoms with Crippen molar-refractivity contribution in [2.24, 2.45) is 0 Å². The van der Waals surface area contributed by atoms with Crippen LogP contribution in [0.5, 0.6) is 11.5 Å². The molecule has 1 unspecified atom stereocenters. The van der Waals surface area contributed by atoms with E-state index in [-0.39, 0.29) is 19.8 Å². The second-order valence-corrected chi connectivity index (χ2v) is 8.83. The van der Waals surface area contributed by atoms with E-state index in [1.54, 1.807) is 50.2 Å². The molecule has 1 amide bonds. The summed E-state index contributed by atoms with van der Waals surface area (Å²) in [7, 11) is 0. The molecule has 0 fully saturated rings. The summed E-state index contributed by atoms with van der Waals surface area (Å²) in [5.41, 5.74) is 1.33. The fourth-order valence-corrected chi connectivity index (χ4v) is 3.11. The quantitative estimate of drug-likeness (QED) is 0.127. The first-order valence-corrected chi connectivity index (χ1v) is 12.7. The summed E-state index contributed by atoms with van der Waals surface area (Å²) < 4.78 is 27.6. The molecule has 0 aliphatic rings. The van der Waals surface area contributed by atoms with Gasteiger partial charge in [0.05, 0.1) is 6.61 Å². The van der Waals surface area contributed by atoms with Crippen molar-refractivity contribution in [2.45, 2.75) is 45.8 Å². The van der Waals surface area contributed by atoms with Crippen molar-refractivity contribution in [1.29, 1.82) is 0 Å². The van der Waals surface area contributed by atoms with Gasteiger partial charge in [0.25, 0.3) is 0 Å². The zero-order valence-corrected chi connectivity index (χ0v) is 22.6. The largest absolute Gasteiger partial charge is 0.490 e. The first kappa shape index (κ1) is 31.0. The molecule has 1 atom stereocenters. The number of benzene rings is 2. The standard InChI is InChI=1S/C30H37NO8/c1-22(2)28(32)35-18-12-6-11-17-31-30(34)39-26(20-36-25-14-7-5-8-15-25)21-37-27-16-10-9-13-24(27)19-38-29(33)23(3)4/h5,7-10,13-16,26H,1,3,6,11-12,17-21H2,2,4H3,(H,31,34). The third-order valence-electron chi connectivity index (χ3n) is 5.23. The Bertz CT molecular complexity index is 1100. The van der Waals surface area contributed by atoms with Gasteiger partial charge in [0.15, 0.2) is 6.10 Å². The number of para-hydroxylation sites is 2. The van der Waals surface area contributed by atoms with Gasteiger partial charge in [0.1, 0.15) is 31.3 Å². The van der Waals surface area contributed by atoms with Gasteiger partial charge >= 0.3 is 18.0 Å². The minimum atomic E-state index is -0.724. The molecular formula is C30H37NO8. The minimum Gasteiger partial charge on any atom is -0.490 e. The lowest BCUT2D eigenvalue weighted by atomic mass is 10.2. The summed E-state index contributed by atoms with van der Waals surface area (Å²) in [6.45, 7) is 11.1. The van der Waals surface area contributed by atoms with E-state index in [4.69, 9.17) is 23.7 Å². The second-order valence-electron chi connectivity index (χ2n) is 8.83. The first-order chi connectivity index (χ1) is 18.8. The lowest BCUT2D eigenvalue weighted by Gasteiger charge is -2.20. The lowest BCUT2D eigenvalue weighted by molar-refractivity contribution is -0.140. The number of nitrogens with one attached hydrogen (secondary N) is 1. The molecule has 0 heterocycles. The van der Waals surface area contributed by atoms with E-state index in [1.807, 2.05) is 18.2 Å². The molecule has 0 aliphatic heterocycles. The van der Waals surface area contributed by atoms with Gasteiger partial charge in [0.2, 0.25) is 0 Å². The molecule has 0 radical (unpaired) electrons. The van der Waals surface area contributed by atoms with Crippen molar-refractivity contribution in [3.63, 3.8) is 0 Å². The van der Waals surface area contributed by atoms with E-state index in [2.05, 4.69) is 18.5 Å². The van der Waals surface area contributed by atoms with Crippen LogP contribution >= 0.6 is 0 Å². The number of alkyl carbamates (subject to hydrolysis) is 1. The Morgan fingerprint density at radius 1 is 0.795 bits per heavy atom. The molecule has 2 aromatic carbocycles. The maximum Gasteiger partial charge on any atom is 0.407 e. The van der Waals surface area contributed by atoms with E-state index in [1.165, 1.54) is 0 Å². The van der Waals surface area contributed by atoms with E-state index in [9.17, 15) is 14.4 Å². The fraction of sp³-hybridized carbons (Fsp3) is 0.367. The average Bonchev–Trinajstić information content (AvgIpc) is 2.93. The average molecular weight is 540 g/mol. The normalized spacial score (nSPS) is 11.0. The molecule has 0 bridgehead atoms. The van der Waals surface area contributed by atoms with Gasteiger partial charge < -0.3 is 29.0 Å². The van der Waals surface area contributed by atoms with Crippen LogP contribution in [0.1, 0.15) is 38.7 Å². The molecule has 9 nitrogen and oxygen atoms in total. The Hall–Kier alpha value is -4.27. The Kier molecular flexibility index (Phi) is 13.7. The summed E-state index contributed by atoms with van der Waals surface area (Å²) in [4.78, 5) is 35.6. The summed E-state index contributed by atoms with van der Waals surface area (Å²) in [5.74, 6) is 0.226. The van der Waals surface area contributed by atoms with Crippen LogP contribution in [-0.2, 0) is 30.4 Å². The van der Waals surface area contributed by atoms with Crippen molar-refractivity contribution >= 4 is 18.0 Å². The number of carbonyl (C=O) groups is 3. The van der Waals surface area contributed by atoms with Crippen LogP contribution in [0.4, 0.5) is 4.79 Å². The number of esters is 2. The van der Waals surface area contributed by atoms with E-state index >= 15 is 0 Å². The number of carbonyl (C=O) groups excluding carboxylic acids is 3. The number of ether oxygens (including phenoxy) is 5. The van der Waals surface area contributed by atoms with Gasteiger partial charge in [-0.3, -0.25) is 0 Å². The summed E-state index contributed by atoms with van der Waals surface area (Å²) >= 11 is 0. The zero-order valence-electron chi connectivity index (χ0n) is 22.6. The molecule has 1 N–H and O–H groups in total. The van der Waals surface area contributed by atoms with Gasteiger partial charge in [-0.25, -0.2) is 14.4 Å². The molecular weight excluding hydrogens is 502 g/mol. The number of unbranched alkanes of at least 4 members (excludes halogenated alkanes) is 2. The minimum absolute atomic E-state index is 0.0137. The van der Waals surface area contributed by atoms with Gasteiger partial charge in [-0.15, -0.1) is 0 Å². The Morgan fingerprint density at radius 2 is 1.44 bits per heavy atom. The Labute approximate surface area is 229 Å². The Morgan fingerprint density at radius 3 is 2.15 bits per heavy atom. The molecule has 2 rings (SSSR count). The molecule has 0 aromatic heterocycles. The highest BCUT2D eigenvalue weighted by molar-refractivity contribution is 5.87. The van der Waals surface area contributed by atoms with Crippen molar-refractivity contribution < 1.29 is 38.1 Å². The van der Waals surface area contributed by atoms with E-state index in [0.717, 1.165) is 6.42 Å². The predicted octanol–water partition coefficient (Wildman–Crippen LogP) is 5.15. The first-order valence-electron chi connectivity index (χ1n) is 12.7. The third-order valence-corrected chi connectivity index (χ3v) is 5.23. The van der Waals surface area contributed by atoms with E-state index < -0.39 is 24.1 Å². The van der Waals surface area contributed by atoms with Crippen LogP contribution in [0.25, 0.3) is 0 Å². The maximum atomic E-state index is 12.4. The van der Waals surface area contributed by atoms with E-state index in [0.29, 0.717) is 54.2 Å². The zero-order chi connectivity index (χ0) is 28.5. The summed E-state index contributed by atoms with van der Waals surface area (Å²) in [6, 6.07) is 16.3. The third kappa shape index (κ3) is 12.7. The number of hydrogen-bond donors (Lipinski definition) is 1. The maximum absolute atomic E-state index is 12.4. The fourth-order valence-electron chi connectivity index (χ4n) is 3.11. The Balaban J connectivity index is 1.86. The molecule has 39 heavy (non-hydrogen) atoms. The van der Waals surface area contributed by atoms with Crippen molar-refractivity contribution in [1.82, 2.24) is 5.32 Å². The summed E-state index contributed by atoms with van der Waals surface area (Å²) in [6.07, 6.45) is 0.811. The number of hydrogen-bond acceptors (Lipinski definition) is 8. The highest BCUT2D eigenvalue weighted by Gasteiger charge is 2.18. The van der Waals surface area contributed by atoms with Gasteiger partial charge in [0, 0.05) is 23.3 Å². The van der Waals surface area contributed by atoms with Crippen LogP contribution in [-0.4, -0.2) is 50.5 Å². The van der Waals surface area contributed by atoms with Crippen molar-refractivity contribution in [3.8, 4) is 11.5 Å². The summed E-state index contributed by atoms with van der Waals surface area (Å²) in [5, 5.41) is 2.72. The SMILES string of the molecule is C=C(C)C(=O)OCCCCCNC(=O)OC(COc1ccccc1)COc1ccccc1COC(=O)C(=C)C. The molecule has 210 valence electrons. The van der Waals surface area contributed by atoms with Crippen molar-refractivity contribution in [3.05, 3.63) is 84.5 Å². The van der Waals surface area contributed by atoms with Crippen LogP contribution in [0.3, 0.4) is 0 Å². The van der Waals surface area contributed by atoms with Gasteiger partial charge in [-0.05, 0) is 51.3 Å². The predicted molar refractivity (Wildman–Crippen MR) is 146 cm³/mol. The molecule has 9 heteroatoms. The number of amides is 1. The smallest absolute Gasteiger partial charge is 0.407 e. The van der Waals surface area contributed by atoms with Gasteiger partial charge in [-0.2, -0.15) is 0 Å². The monoisotopic (exact) mass is 539 g/mol. The second kappa shape index (κ2) is 17.3. The van der Waals surface area contributed by atoms with Crippen LogP contribution in [0, 0.1) is 0 Å². The molecule has 0 aliphatic carbocycles. The molecule has 0 saturated heterocycles. The topological polar surface area (TPSA) is 109 Å². The van der Waals surface area contributed by atoms with Crippen LogP contribution in [0.15, 0.2) is 78.9 Å². The highest BCUT2D eigenvalue weighted by atomic mass is 16.6. The molecule has 0 saturated carbocycles. The van der Waals surface area contributed by atoms with Crippen LogP contribution < -0.4 is 14.8 Å². The van der Waals surface area contributed by atoms with Crippen molar-refractivity contribution in [2.75, 3.05) is 26.4 Å². The van der Waals surface area contributed by atoms with Gasteiger partial charge in [-0.1, -0.05) is 49.6 Å². The number of rotatable bonds is 17. The molecule has 0 spiro atoms. The lowest BCUT2D eigenvalue weighted by Crippen LogP contribution is -2.36. The molecule has 2 aromatic rings. The highest BCUT2D eigenvalue weighted by Crippen LogP contribution is 2.20.